The second-order valence-electron chi connectivity index (χ2n) is 5.72. The monoisotopic (exact) mass is 238 g/mol. The lowest BCUT2D eigenvalue weighted by Crippen LogP contribution is -2.38. The summed E-state index contributed by atoms with van der Waals surface area (Å²) in [7, 11) is 0. The van der Waals surface area contributed by atoms with Crippen LogP contribution in [0.1, 0.15) is 27.6 Å². The standard InChI is InChI=1S/C16H14O2/c1-8-9-6-7-10(8)14-13(9)15(17)11-4-2-3-5-12(11)16(14)18/h2-10,13-14H,1H3. The summed E-state index contributed by atoms with van der Waals surface area (Å²) < 4.78 is 0. The van der Waals surface area contributed by atoms with E-state index in [2.05, 4.69) is 19.1 Å². The lowest BCUT2D eigenvalue weighted by atomic mass is 9.69. The number of allylic oxidation sites excluding steroid dienone is 2. The van der Waals surface area contributed by atoms with Gasteiger partial charge in [0.25, 0.3) is 0 Å². The van der Waals surface area contributed by atoms with Gasteiger partial charge in [0.2, 0.25) is 0 Å². The van der Waals surface area contributed by atoms with E-state index < -0.39 is 0 Å². The van der Waals surface area contributed by atoms with E-state index in [0.29, 0.717) is 17.0 Å². The number of rotatable bonds is 0. The van der Waals surface area contributed by atoms with Crippen LogP contribution in [-0.4, -0.2) is 11.6 Å². The predicted molar refractivity (Wildman–Crippen MR) is 67.4 cm³/mol. The van der Waals surface area contributed by atoms with Crippen molar-refractivity contribution in [2.45, 2.75) is 6.92 Å². The third kappa shape index (κ3) is 1.000. The highest BCUT2D eigenvalue weighted by Crippen LogP contribution is 2.55. The molecule has 1 fully saturated rings. The van der Waals surface area contributed by atoms with Gasteiger partial charge in [-0.3, -0.25) is 9.59 Å². The number of carbonyl (C=O) groups is 2. The highest BCUT2D eigenvalue weighted by atomic mass is 16.1. The van der Waals surface area contributed by atoms with Gasteiger partial charge in [-0.25, -0.2) is 0 Å². The molecule has 0 N–H and O–H groups in total. The van der Waals surface area contributed by atoms with Crippen LogP contribution in [0.15, 0.2) is 36.4 Å². The highest BCUT2D eigenvalue weighted by Gasteiger charge is 2.57. The molecule has 3 aliphatic rings. The van der Waals surface area contributed by atoms with Crippen molar-refractivity contribution in [3.63, 3.8) is 0 Å². The average molecular weight is 238 g/mol. The molecule has 0 spiro atoms. The van der Waals surface area contributed by atoms with Crippen LogP contribution in [-0.2, 0) is 0 Å². The van der Waals surface area contributed by atoms with Crippen molar-refractivity contribution in [2.75, 3.05) is 0 Å². The number of hydrogen-bond acceptors (Lipinski definition) is 2. The van der Waals surface area contributed by atoms with Gasteiger partial charge in [0.1, 0.15) is 0 Å². The Morgan fingerprint density at radius 3 is 1.72 bits per heavy atom. The molecule has 2 nitrogen and oxygen atoms in total. The minimum Gasteiger partial charge on any atom is -0.294 e. The molecule has 1 saturated carbocycles. The Balaban J connectivity index is 1.93. The van der Waals surface area contributed by atoms with Crippen LogP contribution in [0, 0.1) is 29.6 Å². The molecule has 3 aliphatic carbocycles. The van der Waals surface area contributed by atoms with Crippen LogP contribution in [0.5, 0.6) is 0 Å². The molecule has 0 aromatic heterocycles. The lowest BCUT2D eigenvalue weighted by Gasteiger charge is -2.31. The Bertz CT molecular complexity index is 548. The molecule has 1 aromatic rings. The molecule has 1 aromatic carbocycles. The Kier molecular flexibility index (Phi) is 1.82. The molecule has 0 amide bonds. The first-order valence-corrected chi connectivity index (χ1v) is 6.56. The number of ketones is 2. The first kappa shape index (κ1) is 10.2. The summed E-state index contributed by atoms with van der Waals surface area (Å²) in [4.78, 5) is 25.2. The number of hydrogen-bond donors (Lipinski definition) is 0. The van der Waals surface area contributed by atoms with Gasteiger partial charge >= 0.3 is 0 Å². The van der Waals surface area contributed by atoms with E-state index in [-0.39, 0.29) is 35.2 Å². The van der Waals surface area contributed by atoms with Gasteiger partial charge in [0.15, 0.2) is 11.6 Å². The summed E-state index contributed by atoms with van der Waals surface area (Å²) in [5.41, 5.74) is 1.27. The third-order valence-electron chi connectivity index (χ3n) is 5.05. The third-order valence-corrected chi connectivity index (χ3v) is 5.05. The number of fused-ring (bicyclic) bond motifs is 6. The van der Waals surface area contributed by atoms with Gasteiger partial charge in [0, 0.05) is 23.0 Å². The van der Waals surface area contributed by atoms with E-state index in [1.807, 2.05) is 12.1 Å². The summed E-state index contributed by atoms with van der Waals surface area (Å²) in [5.74, 6) is 1.13. The first-order valence-electron chi connectivity index (χ1n) is 6.56. The van der Waals surface area contributed by atoms with Crippen LogP contribution >= 0.6 is 0 Å². The highest BCUT2D eigenvalue weighted by molar-refractivity contribution is 6.16. The van der Waals surface area contributed by atoms with Gasteiger partial charge in [-0.05, 0) is 17.8 Å². The fourth-order valence-corrected chi connectivity index (χ4v) is 4.18. The smallest absolute Gasteiger partial charge is 0.168 e. The van der Waals surface area contributed by atoms with E-state index in [1.165, 1.54) is 0 Å². The minimum atomic E-state index is -0.0996. The SMILES string of the molecule is CC1C2C=CC1C1C(=O)c3ccccc3C(=O)C21. The average Bonchev–Trinajstić information content (AvgIpc) is 2.90. The zero-order valence-electron chi connectivity index (χ0n) is 10.2. The van der Waals surface area contributed by atoms with E-state index >= 15 is 0 Å². The predicted octanol–water partition coefficient (Wildman–Crippen LogP) is 2.75. The van der Waals surface area contributed by atoms with Crippen molar-refractivity contribution >= 4 is 11.6 Å². The molecule has 0 heterocycles. The normalized spacial score (nSPS) is 39.9. The molecule has 4 unspecified atom stereocenters. The molecule has 0 radical (unpaired) electrons. The summed E-state index contributed by atoms with van der Waals surface area (Å²) in [6.45, 7) is 2.17. The van der Waals surface area contributed by atoms with Gasteiger partial charge in [-0.1, -0.05) is 43.3 Å². The summed E-state index contributed by atoms with van der Waals surface area (Å²) in [5, 5.41) is 0. The first-order chi connectivity index (χ1) is 8.70. The van der Waals surface area contributed by atoms with E-state index in [4.69, 9.17) is 0 Å². The van der Waals surface area contributed by atoms with Gasteiger partial charge in [-0.15, -0.1) is 0 Å². The number of carbonyl (C=O) groups excluding carboxylic acids is 2. The van der Waals surface area contributed by atoms with Gasteiger partial charge in [0.05, 0.1) is 0 Å². The zero-order chi connectivity index (χ0) is 12.4. The van der Waals surface area contributed by atoms with Crippen molar-refractivity contribution in [1.82, 2.24) is 0 Å². The van der Waals surface area contributed by atoms with Crippen molar-refractivity contribution in [1.29, 1.82) is 0 Å². The molecule has 2 bridgehead atoms. The molecule has 2 heteroatoms. The molecule has 0 aliphatic heterocycles. The van der Waals surface area contributed by atoms with Crippen LogP contribution in [0.4, 0.5) is 0 Å². The Labute approximate surface area is 106 Å². The van der Waals surface area contributed by atoms with Crippen molar-refractivity contribution < 1.29 is 9.59 Å². The molecular weight excluding hydrogens is 224 g/mol. The van der Waals surface area contributed by atoms with E-state index in [0.717, 1.165) is 0 Å². The Hall–Kier alpha value is -1.70. The Morgan fingerprint density at radius 1 is 0.833 bits per heavy atom. The lowest BCUT2D eigenvalue weighted by molar-refractivity contribution is 0.0720. The van der Waals surface area contributed by atoms with Gasteiger partial charge < -0.3 is 0 Å². The maximum Gasteiger partial charge on any atom is 0.168 e. The van der Waals surface area contributed by atoms with Crippen LogP contribution < -0.4 is 0 Å². The van der Waals surface area contributed by atoms with Crippen molar-refractivity contribution in [2.24, 2.45) is 29.6 Å². The zero-order valence-corrected chi connectivity index (χ0v) is 10.2. The van der Waals surface area contributed by atoms with Crippen LogP contribution in [0.2, 0.25) is 0 Å². The number of Topliss-reactive ketones (excluding diaryl/α,β-unsaturated/α-hetero) is 2. The van der Waals surface area contributed by atoms with Gasteiger partial charge in [-0.2, -0.15) is 0 Å². The largest absolute Gasteiger partial charge is 0.294 e. The second kappa shape index (κ2) is 3.19. The van der Waals surface area contributed by atoms with E-state index in [9.17, 15) is 9.59 Å². The molecule has 90 valence electrons. The van der Waals surface area contributed by atoms with Crippen molar-refractivity contribution in [3.8, 4) is 0 Å². The van der Waals surface area contributed by atoms with Crippen LogP contribution in [0.3, 0.4) is 0 Å². The van der Waals surface area contributed by atoms with E-state index in [1.54, 1.807) is 12.1 Å². The Morgan fingerprint density at radius 2 is 1.28 bits per heavy atom. The fourth-order valence-electron chi connectivity index (χ4n) is 4.18. The maximum absolute atomic E-state index is 12.6. The maximum atomic E-state index is 12.6. The fraction of sp³-hybridized carbons (Fsp3) is 0.375. The molecule has 4 rings (SSSR count). The quantitative estimate of drug-likeness (QED) is 0.651. The summed E-state index contributed by atoms with van der Waals surface area (Å²) in [6.07, 6.45) is 4.30. The minimum absolute atomic E-state index is 0.0996. The molecule has 0 saturated heterocycles. The van der Waals surface area contributed by atoms with Crippen molar-refractivity contribution in [3.05, 3.63) is 47.5 Å². The molecular formula is C16H14O2. The van der Waals surface area contributed by atoms with Crippen LogP contribution in [0.25, 0.3) is 0 Å². The summed E-state index contributed by atoms with van der Waals surface area (Å²) in [6, 6.07) is 7.28. The summed E-state index contributed by atoms with van der Waals surface area (Å²) >= 11 is 0. The topological polar surface area (TPSA) is 34.1 Å². The molecule has 18 heavy (non-hydrogen) atoms. The number of benzene rings is 1. The second-order valence-corrected chi connectivity index (χ2v) is 5.72. The molecule has 4 atom stereocenters.